The lowest BCUT2D eigenvalue weighted by atomic mass is 10.1. The molecular formula is C20H22N4O2. The third-order valence-corrected chi connectivity index (χ3v) is 4.92. The van der Waals surface area contributed by atoms with Crippen LogP contribution in [0, 0.1) is 5.92 Å². The van der Waals surface area contributed by atoms with Crippen molar-refractivity contribution >= 4 is 23.2 Å². The van der Waals surface area contributed by atoms with Gasteiger partial charge in [-0.15, -0.1) is 0 Å². The molecule has 1 aliphatic heterocycles. The molecule has 2 aliphatic rings. The van der Waals surface area contributed by atoms with E-state index in [0.29, 0.717) is 24.3 Å². The minimum Gasteiger partial charge on any atom is -0.368 e. The van der Waals surface area contributed by atoms with E-state index >= 15 is 0 Å². The van der Waals surface area contributed by atoms with Crippen LogP contribution >= 0.6 is 0 Å². The first-order valence-corrected chi connectivity index (χ1v) is 9.06. The molecule has 1 aromatic carbocycles. The van der Waals surface area contributed by atoms with E-state index in [2.05, 4.69) is 15.2 Å². The number of carbonyl (C=O) groups is 2. The number of rotatable bonds is 4. The summed E-state index contributed by atoms with van der Waals surface area (Å²) in [6.07, 6.45) is 5.50. The van der Waals surface area contributed by atoms with Crippen molar-refractivity contribution in [2.24, 2.45) is 5.92 Å². The molecule has 0 spiro atoms. The van der Waals surface area contributed by atoms with Crippen LogP contribution in [0.4, 0.5) is 11.4 Å². The maximum atomic E-state index is 12.8. The summed E-state index contributed by atoms with van der Waals surface area (Å²) in [5, 5.41) is 2.91. The standard InChI is InChI=1S/C20H22N4O2/c25-19(15-4-5-15)22-17-3-1-2-16(14-17)20(26)24-12-10-23(11-13-24)18-6-8-21-9-7-18/h1-3,6-9,14-15H,4-5,10-13H2,(H,22,25). The highest BCUT2D eigenvalue weighted by Crippen LogP contribution is 2.30. The number of piperazine rings is 1. The highest BCUT2D eigenvalue weighted by molar-refractivity contribution is 5.98. The molecule has 1 saturated carbocycles. The van der Waals surface area contributed by atoms with Gasteiger partial charge in [-0.25, -0.2) is 0 Å². The van der Waals surface area contributed by atoms with E-state index in [1.165, 1.54) is 0 Å². The predicted molar refractivity (Wildman–Crippen MR) is 100 cm³/mol. The molecule has 6 nitrogen and oxygen atoms in total. The van der Waals surface area contributed by atoms with E-state index in [4.69, 9.17) is 0 Å². The molecule has 2 fully saturated rings. The minimum absolute atomic E-state index is 0.0156. The quantitative estimate of drug-likeness (QED) is 0.920. The van der Waals surface area contributed by atoms with Crippen molar-refractivity contribution in [2.45, 2.75) is 12.8 Å². The van der Waals surface area contributed by atoms with Gasteiger partial charge in [-0.3, -0.25) is 14.6 Å². The van der Waals surface area contributed by atoms with E-state index in [-0.39, 0.29) is 17.7 Å². The first-order chi connectivity index (χ1) is 12.7. The molecule has 2 amide bonds. The van der Waals surface area contributed by atoms with Gasteiger partial charge >= 0.3 is 0 Å². The van der Waals surface area contributed by atoms with Crippen molar-refractivity contribution in [2.75, 3.05) is 36.4 Å². The molecule has 1 aromatic heterocycles. The Morgan fingerprint density at radius 1 is 1.00 bits per heavy atom. The summed E-state index contributed by atoms with van der Waals surface area (Å²) in [5.74, 6) is 0.220. The molecule has 0 radical (unpaired) electrons. The van der Waals surface area contributed by atoms with Crippen LogP contribution in [0.2, 0.25) is 0 Å². The van der Waals surface area contributed by atoms with Gasteiger partial charge in [-0.1, -0.05) is 6.07 Å². The predicted octanol–water partition coefficient (Wildman–Crippen LogP) is 2.39. The van der Waals surface area contributed by atoms with Crippen LogP contribution in [0.15, 0.2) is 48.8 Å². The molecule has 1 saturated heterocycles. The highest BCUT2D eigenvalue weighted by atomic mass is 16.2. The van der Waals surface area contributed by atoms with E-state index < -0.39 is 0 Å². The van der Waals surface area contributed by atoms with Gasteiger partial charge in [0, 0.05) is 61.4 Å². The van der Waals surface area contributed by atoms with Gasteiger partial charge in [0.25, 0.3) is 5.91 Å². The topological polar surface area (TPSA) is 65.5 Å². The van der Waals surface area contributed by atoms with Gasteiger partial charge in [-0.2, -0.15) is 0 Å². The Morgan fingerprint density at radius 2 is 1.73 bits per heavy atom. The zero-order chi connectivity index (χ0) is 17.9. The lowest BCUT2D eigenvalue weighted by Crippen LogP contribution is -2.48. The number of pyridine rings is 1. The van der Waals surface area contributed by atoms with Crippen molar-refractivity contribution in [3.8, 4) is 0 Å². The maximum Gasteiger partial charge on any atom is 0.254 e. The second kappa shape index (κ2) is 7.15. The highest BCUT2D eigenvalue weighted by Gasteiger charge is 2.29. The first kappa shape index (κ1) is 16.6. The fourth-order valence-corrected chi connectivity index (χ4v) is 3.23. The summed E-state index contributed by atoms with van der Waals surface area (Å²) in [6.45, 7) is 2.96. The molecule has 134 valence electrons. The Morgan fingerprint density at radius 3 is 2.42 bits per heavy atom. The summed E-state index contributed by atoms with van der Waals surface area (Å²) in [6, 6.07) is 11.2. The zero-order valence-corrected chi connectivity index (χ0v) is 14.6. The van der Waals surface area contributed by atoms with Crippen molar-refractivity contribution in [1.29, 1.82) is 0 Å². The number of nitrogens with zero attached hydrogens (tertiary/aromatic N) is 3. The minimum atomic E-state index is 0.0156. The number of hydrogen-bond donors (Lipinski definition) is 1. The number of benzene rings is 1. The summed E-state index contributed by atoms with van der Waals surface area (Å²) >= 11 is 0. The van der Waals surface area contributed by atoms with E-state index in [1.807, 2.05) is 35.2 Å². The number of hydrogen-bond acceptors (Lipinski definition) is 4. The molecule has 26 heavy (non-hydrogen) atoms. The molecule has 2 heterocycles. The average Bonchev–Trinajstić information content (AvgIpc) is 3.54. The second-order valence-electron chi connectivity index (χ2n) is 6.83. The van der Waals surface area contributed by atoms with Crippen LogP contribution < -0.4 is 10.2 Å². The summed E-state index contributed by atoms with van der Waals surface area (Å²) in [4.78, 5) is 32.9. The van der Waals surface area contributed by atoms with E-state index in [9.17, 15) is 9.59 Å². The molecule has 4 rings (SSSR count). The summed E-state index contributed by atoms with van der Waals surface area (Å²) in [7, 11) is 0. The monoisotopic (exact) mass is 350 g/mol. The molecular weight excluding hydrogens is 328 g/mol. The third-order valence-electron chi connectivity index (χ3n) is 4.92. The number of anilines is 2. The maximum absolute atomic E-state index is 12.8. The van der Waals surface area contributed by atoms with Crippen LogP contribution in [-0.4, -0.2) is 47.9 Å². The Labute approximate surface area is 152 Å². The number of nitrogens with one attached hydrogen (secondary N) is 1. The lowest BCUT2D eigenvalue weighted by Gasteiger charge is -2.36. The average molecular weight is 350 g/mol. The number of aromatic nitrogens is 1. The molecule has 1 N–H and O–H groups in total. The van der Waals surface area contributed by atoms with Gasteiger partial charge in [0.2, 0.25) is 5.91 Å². The Balaban J connectivity index is 1.38. The van der Waals surface area contributed by atoms with Crippen LogP contribution in [-0.2, 0) is 4.79 Å². The Kier molecular flexibility index (Phi) is 4.56. The smallest absolute Gasteiger partial charge is 0.254 e. The summed E-state index contributed by atoms with van der Waals surface area (Å²) < 4.78 is 0. The third kappa shape index (κ3) is 3.69. The molecule has 1 aliphatic carbocycles. The van der Waals surface area contributed by atoms with Crippen LogP contribution in [0.25, 0.3) is 0 Å². The van der Waals surface area contributed by atoms with Crippen LogP contribution in [0.1, 0.15) is 23.2 Å². The lowest BCUT2D eigenvalue weighted by molar-refractivity contribution is -0.117. The fraction of sp³-hybridized carbons (Fsp3) is 0.350. The summed E-state index contributed by atoms with van der Waals surface area (Å²) in [5.41, 5.74) is 2.45. The van der Waals surface area contributed by atoms with Gasteiger partial charge in [0.15, 0.2) is 0 Å². The van der Waals surface area contributed by atoms with Crippen LogP contribution in [0.5, 0.6) is 0 Å². The van der Waals surface area contributed by atoms with Gasteiger partial charge in [0.05, 0.1) is 0 Å². The fourth-order valence-electron chi connectivity index (χ4n) is 3.23. The molecule has 0 bridgehead atoms. The SMILES string of the molecule is O=C(Nc1cccc(C(=O)N2CCN(c3ccncc3)CC2)c1)C1CC1. The Bertz CT molecular complexity index is 796. The first-order valence-electron chi connectivity index (χ1n) is 9.06. The van der Waals surface area contributed by atoms with Gasteiger partial charge < -0.3 is 15.1 Å². The molecule has 6 heteroatoms. The molecule has 0 atom stereocenters. The zero-order valence-electron chi connectivity index (χ0n) is 14.6. The van der Waals surface area contributed by atoms with E-state index in [1.54, 1.807) is 18.5 Å². The normalized spacial score (nSPS) is 17.1. The molecule has 0 unspecified atom stereocenters. The largest absolute Gasteiger partial charge is 0.368 e. The van der Waals surface area contributed by atoms with Crippen LogP contribution in [0.3, 0.4) is 0 Å². The molecule has 2 aromatic rings. The number of carbonyl (C=O) groups excluding carboxylic acids is 2. The number of amides is 2. The second-order valence-corrected chi connectivity index (χ2v) is 6.83. The van der Waals surface area contributed by atoms with Crippen molar-refractivity contribution in [1.82, 2.24) is 9.88 Å². The Hall–Kier alpha value is -2.89. The van der Waals surface area contributed by atoms with Gasteiger partial charge in [-0.05, 0) is 43.2 Å². The van der Waals surface area contributed by atoms with E-state index in [0.717, 1.165) is 31.6 Å². The van der Waals surface area contributed by atoms with Crippen molar-refractivity contribution in [3.63, 3.8) is 0 Å². The van der Waals surface area contributed by atoms with Crippen molar-refractivity contribution < 1.29 is 9.59 Å². The van der Waals surface area contributed by atoms with Crippen molar-refractivity contribution in [3.05, 3.63) is 54.4 Å². The van der Waals surface area contributed by atoms with Gasteiger partial charge in [0.1, 0.15) is 0 Å².